The summed E-state index contributed by atoms with van der Waals surface area (Å²) < 4.78 is 10.1. The first-order valence-electron chi connectivity index (χ1n) is 5.68. The van der Waals surface area contributed by atoms with Crippen molar-refractivity contribution in [1.82, 2.24) is 4.98 Å². The number of aromatic nitrogens is 1. The highest BCUT2D eigenvalue weighted by molar-refractivity contribution is 6.30. The molecule has 6 nitrogen and oxygen atoms in total. The van der Waals surface area contributed by atoms with Crippen LogP contribution in [0.3, 0.4) is 0 Å². The van der Waals surface area contributed by atoms with Gasteiger partial charge in [0, 0.05) is 12.3 Å². The molecule has 1 amide bonds. The normalized spacial score (nSPS) is 10.1. The molecule has 0 aliphatic heterocycles. The molecule has 0 aliphatic carbocycles. The predicted molar refractivity (Wildman–Crippen MR) is 73.1 cm³/mol. The minimum absolute atomic E-state index is 0.0187. The number of hydrogen-bond acceptors (Lipinski definition) is 5. The molecule has 0 atom stereocenters. The van der Waals surface area contributed by atoms with Gasteiger partial charge in [-0.1, -0.05) is 11.6 Å². The SMILES string of the molecule is Cc1cc(=O)c(OCC(=O)Nc2ccc(Cl)cn2)co1. The molecule has 0 bridgehead atoms. The number of carbonyl (C=O) groups excluding carboxylic acids is 1. The van der Waals surface area contributed by atoms with Crippen molar-refractivity contribution in [3.8, 4) is 5.75 Å². The second-order valence-corrected chi connectivity index (χ2v) is 4.35. The van der Waals surface area contributed by atoms with Gasteiger partial charge in [-0.3, -0.25) is 9.59 Å². The number of rotatable bonds is 4. The molecular weight excluding hydrogens is 284 g/mol. The summed E-state index contributed by atoms with van der Waals surface area (Å²) in [7, 11) is 0. The zero-order chi connectivity index (χ0) is 14.5. The summed E-state index contributed by atoms with van der Waals surface area (Å²) >= 11 is 5.67. The van der Waals surface area contributed by atoms with Crippen LogP contribution in [0.2, 0.25) is 5.02 Å². The maximum Gasteiger partial charge on any atom is 0.263 e. The molecule has 104 valence electrons. The largest absolute Gasteiger partial charge is 0.477 e. The summed E-state index contributed by atoms with van der Waals surface area (Å²) in [6.07, 6.45) is 2.58. The van der Waals surface area contributed by atoms with E-state index in [9.17, 15) is 9.59 Å². The number of nitrogens with zero attached hydrogens (tertiary/aromatic N) is 1. The van der Waals surface area contributed by atoms with Crippen LogP contribution in [0.15, 0.2) is 39.9 Å². The van der Waals surface area contributed by atoms with E-state index in [2.05, 4.69) is 10.3 Å². The smallest absolute Gasteiger partial charge is 0.263 e. The van der Waals surface area contributed by atoms with E-state index in [0.29, 0.717) is 16.6 Å². The average Bonchev–Trinajstić information content (AvgIpc) is 2.40. The summed E-state index contributed by atoms with van der Waals surface area (Å²) in [5.74, 6) is 0.353. The zero-order valence-electron chi connectivity index (χ0n) is 10.6. The Bertz CT molecular complexity index is 667. The van der Waals surface area contributed by atoms with Crippen LogP contribution in [0.25, 0.3) is 0 Å². The number of halogens is 1. The van der Waals surface area contributed by atoms with Crippen molar-refractivity contribution in [2.45, 2.75) is 6.92 Å². The Kier molecular flexibility index (Phi) is 4.37. The molecule has 2 rings (SSSR count). The number of nitrogens with one attached hydrogen (secondary N) is 1. The summed E-state index contributed by atoms with van der Waals surface area (Å²) in [4.78, 5) is 27.0. The average molecular weight is 295 g/mol. The molecule has 0 aromatic carbocycles. The van der Waals surface area contributed by atoms with Crippen LogP contribution >= 0.6 is 11.6 Å². The third kappa shape index (κ3) is 3.83. The quantitative estimate of drug-likeness (QED) is 0.933. The monoisotopic (exact) mass is 294 g/mol. The van der Waals surface area contributed by atoms with Crippen LogP contribution in [-0.2, 0) is 4.79 Å². The highest BCUT2D eigenvalue weighted by Crippen LogP contribution is 2.09. The first-order valence-corrected chi connectivity index (χ1v) is 6.06. The third-order valence-corrected chi connectivity index (χ3v) is 2.51. The number of amides is 1. The maximum atomic E-state index is 11.6. The van der Waals surface area contributed by atoms with Gasteiger partial charge in [-0.25, -0.2) is 4.98 Å². The summed E-state index contributed by atoms with van der Waals surface area (Å²) in [5.41, 5.74) is -0.342. The highest BCUT2D eigenvalue weighted by atomic mass is 35.5. The molecule has 2 aromatic heterocycles. The molecule has 0 saturated heterocycles. The van der Waals surface area contributed by atoms with Gasteiger partial charge in [0.25, 0.3) is 5.91 Å². The standard InChI is InChI=1S/C13H11ClN2O4/c1-8-4-10(17)11(6-19-8)20-7-13(18)16-12-3-2-9(14)5-15-12/h2-6H,7H2,1H3,(H,15,16,18). The minimum Gasteiger partial charge on any atom is -0.477 e. The van der Waals surface area contributed by atoms with E-state index >= 15 is 0 Å². The molecule has 0 unspecified atom stereocenters. The number of carbonyl (C=O) groups is 1. The van der Waals surface area contributed by atoms with Crippen LogP contribution in [0.5, 0.6) is 5.75 Å². The lowest BCUT2D eigenvalue weighted by molar-refractivity contribution is -0.118. The first kappa shape index (κ1) is 14.1. The second kappa shape index (κ2) is 6.21. The maximum absolute atomic E-state index is 11.6. The fourth-order valence-corrected chi connectivity index (χ4v) is 1.48. The van der Waals surface area contributed by atoms with Gasteiger partial charge < -0.3 is 14.5 Å². The lowest BCUT2D eigenvalue weighted by Gasteiger charge is -2.06. The molecule has 2 aromatic rings. The Morgan fingerprint density at radius 1 is 1.50 bits per heavy atom. The van der Waals surface area contributed by atoms with Crippen LogP contribution in [0, 0.1) is 6.92 Å². The van der Waals surface area contributed by atoms with Gasteiger partial charge in [0.15, 0.2) is 6.61 Å². The molecule has 1 N–H and O–H groups in total. The van der Waals surface area contributed by atoms with E-state index in [-0.39, 0.29) is 17.8 Å². The number of ether oxygens (including phenoxy) is 1. The van der Waals surface area contributed by atoms with E-state index in [1.165, 1.54) is 18.5 Å². The molecule has 0 spiro atoms. The minimum atomic E-state index is -0.445. The van der Waals surface area contributed by atoms with Crippen molar-refractivity contribution < 1.29 is 13.9 Å². The van der Waals surface area contributed by atoms with Crippen molar-refractivity contribution in [2.24, 2.45) is 0 Å². The topological polar surface area (TPSA) is 81.4 Å². The van der Waals surface area contributed by atoms with Gasteiger partial charge in [0.05, 0.1) is 5.02 Å². The highest BCUT2D eigenvalue weighted by Gasteiger charge is 2.07. The molecular formula is C13H11ClN2O4. The lowest BCUT2D eigenvalue weighted by Crippen LogP contribution is -2.22. The Labute approximate surface area is 119 Å². The van der Waals surface area contributed by atoms with E-state index in [0.717, 1.165) is 0 Å². The van der Waals surface area contributed by atoms with Crippen LogP contribution in [0.1, 0.15) is 5.76 Å². The summed E-state index contributed by atoms with van der Waals surface area (Å²) in [6, 6.07) is 4.44. The molecule has 2 heterocycles. The van der Waals surface area contributed by atoms with E-state index < -0.39 is 5.91 Å². The van der Waals surface area contributed by atoms with Gasteiger partial charge in [0.2, 0.25) is 11.2 Å². The number of pyridine rings is 1. The number of anilines is 1. The predicted octanol–water partition coefficient (Wildman–Crippen LogP) is 2.01. The van der Waals surface area contributed by atoms with Crippen LogP contribution in [-0.4, -0.2) is 17.5 Å². The summed E-state index contributed by atoms with van der Waals surface area (Å²) in [5, 5.41) is 2.97. The molecule has 20 heavy (non-hydrogen) atoms. The number of aryl methyl sites for hydroxylation is 1. The van der Waals surface area contributed by atoms with Gasteiger partial charge in [0.1, 0.15) is 17.8 Å². The van der Waals surface area contributed by atoms with Crippen molar-refractivity contribution in [3.63, 3.8) is 0 Å². The van der Waals surface area contributed by atoms with Gasteiger partial charge in [-0.15, -0.1) is 0 Å². The van der Waals surface area contributed by atoms with Gasteiger partial charge >= 0.3 is 0 Å². The Hall–Kier alpha value is -2.34. The molecule has 7 heteroatoms. The van der Waals surface area contributed by atoms with Crippen LogP contribution in [0.4, 0.5) is 5.82 Å². The van der Waals surface area contributed by atoms with Gasteiger partial charge in [-0.05, 0) is 19.1 Å². The van der Waals surface area contributed by atoms with E-state index in [1.807, 2.05) is 0 Å². The van der Waals surface area contributed by atoms with E-state index in [4.69, 9.17) is 20.8 Å². The molecule has 0 aliphatic rings. The van der Waals surface area contributed by atoms with Crippen LogP contribution < -0.4 is 15.5 Å². The van der Waals surface area contributed by atoms with Crippen molar-refractivity contribution in [1.29, 1.82) is 0 Å². The Balaban J connectivity index is 1.92. The number of hydrogen-bond donors (Lipinski definition) is 1. The fourth-order valence-electron chi connectivity index (χ4n) is 1.37. The Morgan fingerprint density at radius 3 is 2.95 bits per heavy atom. The third-order valence-electron chi connectivity index (χ3n) is 2.28. The first-order chi connectivity index (χ1) is 9.54. The molecule has 0 saturated carbocycles. The zero-order valence-corrected chi connectivity index (χ0v) is 11.3. The summed E-state index contributed by atoms with van der Waals surface area (Å²) in [6.45, 7) is 1.32. The second-order valence-electron chi connectivity index (χ2n) is 3.92. The van der Waals surface area contributed by atoms with Gasteiger partial charge in [-0.2, -0.15) is 0 Å². The fraction of sp³-hybridized carbons (Fsp3) is 0.154. The van der Waals surface area contributed by atoms with E-state index in [1.54, 1.807) is 19.1 Å². The molecule has 0 radical (unpaired) electrons. The Morgan fingerprint density at radius 2 is 2.30 bits per heavy atom. The van der Waals surface area contributed by atoms with Crippen molar-refractivity contribution >= 4 is 23.3 Å². The lowest BCUT2D eigenvalue weighted by atomic mass is 10.4. The molecule has 0 fully saturated rings. The van der Waals surface area contributed by atoms with Crippen molar-refractivity contribution in [3.05, 3.63) is 51.7 Å². The van der Waals surface area contributed by atoms with Crippen molar-refractivity contribution in [2.75, 3.05) is 11.9 Å².